The molecule has 152 valence electrons. The Kier molecular flexibility index (Phi) is 8.29. The lowest BCUT2D eigenvalue weighted by Gasteiger charge is -2.34. The van der Waals surface area contributed by atoms with Crippen molar-refractivity contribution in [1.82, 2.24) is 0 Å². The Balaban J connectivity index is 2.22. The number of nitrogens with one attached hydrogen (secondary N) is 1. The maximum absolute atomic E-state index is 12.5. The van der Waals surface area contributed by atoms with E-state index in [1.54, 1.807) is 30.3 Å². The summed E-state index contributed by atoms with van der Waals surface area (Å²) in [6.45, 7) is 3.93. The van der Waals surface area contributed by atoms with Crippen molar-refractivity contribution in [2.24, 2.45) is 5.41 Å². The summed E-state index contributed by atoms with van der Waals surface area (Å²) < 4.78 is 12.2. The Morgan fingerprint density at radius 1 is 1.14 bits per heavy atom. The van der Waals surface area contributed by atoms with Gasteiger partial charge >= 0.3 is 6.09 Å². The van der Waals surface area contributed by atoms with E-state index in [4.69, 9.17) is 14.6 Å². The molecule has 1 atom stereocenters. The lowest BCUT2D eigenvalue weighted by atomic mass is 9.80. The molecule has 28 heavy (non-hydrogen) atoms. The number of amides is 1. The fourth-order valence-corrected chi connectivity index (χ4v) is 3.08. The van der Waals surface area contributed by atoms with Gasteiger partial charge in [-0.05, 0) is 48.4 Å². The SMILES string of the molecule is CC(C)(CCO)[C@H](OC(=O)Nc1ccc(Br)cc1)c1cccc(OCCO)c1. The van der Waals surface area contributed by atoms with Crippen molar-refractivity contribution in [1.29, 1.82) is 0 Å². The van der Waals surface area contributed by atoms with Crippen LogP contribution in [0.15, 0.2) is 53.0 Å². The number of rotatable bonds is 9. The molecule has 0 aliphatic carbocycles. The Bertz CT molecular complexity index is 764. The van der Waals surface area contributed by atoms with E-state index in [0.717, 1.165) is 10.0 Å². The first-order valence-electron chi connectivity index (χ1n) is 9.03. The van der Waals surface area contributed by atoms with Crippen LogP contribution >= 0.6 is 15.9 Å². The highest BCUT2D eigenvalue weighted by Gasteiger charge is 2.34. The fourth-order valence-electron chi connectivity index (χ4n) is 2.82. The third-order valence-corrected chi connectivity index (χ3v) is 4.83. The highest BCUT2D eigenvalue weighted by Crippen LogP contribution is 2.40. The number of carbonyl (C=O) groups is 1. The van der Waals surface area contributed by atoms with Crippen LogP contribution in [0.5, 0.6) is 5.75 Å². The number of hydrogen-bond acceptors (Lipinski definition) is 5. The molecule has 0 unspecified atom stereocenters. The van der Waals surface area contributed by atoms with E-state index in [0.29, 0.717) is 17.9 Å². The van der Waals surface area contributed by atoms with Crippen molar-refractivity contribution in [3.8, 4) is 5.75 Å². The number of halogens is 1. The molecule has 0 aromatic heterocycles. The maximum Gasteiger partial charge on any atom is 0.412 e. The van der Waals surface area contributed by atoms with Gasteiger partial charge in [-0.3, -0.25) is 5.32 Å². The zero-order chi connectivity index (χ0) is 20.6. The molecule has 0 aliphatic rings. The van der Waals surface area contributed by atoms with Crippen LogP contribution in [0.4, 0.5) is 10.5 Å². The molecule has 6 nitrogen and oxygen atoms in total. The van der Waals surface area contributed by atoms with E-state index in [1.165, 1.54) is 0 Å². The van der Waals surface area contributed by atoms with Gasteiger partial charge in [-0.1, -0.05) is 41.9 Å². The highest BCUT2D eigenvalue weighted by molar-refractivity contribution is 9.10. The Hall–Kier alpha value is -2.09. The van der Waals surface area contributed by atoms with E-state index in [2.05, 4.69) is 21.2 Å². The van der Waals surface area contributed by atoms with Crippen LogP contribution in [-0.4, -0.2) is 36.1 Å². The topological polar surface area (TPSA) is 88.0 Å². The number of benzene rings is 2. The lowest BCUT2D eigenvalue weighted by molar-refractivity contribution is 0.0150. The summed E-state index contributed by atoms with van der Waals surface area (Å²) in [4.78, 5) is 12.5. The zero-order valence-corrected chi connectivity index (χ0v) is 17.6. The van der Waals surface area contributed by atoms with E-state index in [9.17, 15) is 9.90 Å². The van der Waals surface area contributed by atoms with Gasteiger partial charge in [0.15, 0.2) is 0 Å². The quantitative estimate of drug-likeness (QED) is 0.521. The number of aliphatic hydroxyl groups is 2. The molecule has 2 aromatic rings. The number of ether oxygens (including phenoxy) is 2. The van der Waals surface area contributed by atoms with Crippen LogP contribution in [-0.2, 0) is 4.74 Å². The summed E-state index contributed by atoms with van der Waals surface area (Å²) in [5.41, 5.74) is 0.855. The van der Waals surface area contributed by atoms with Gasteiger partial charge < -0.3 is 19.7 Å². The molecular weight excluding hydrogens is 426 g/mol. The predicted molar refractivity (Wildman–Crippen MR) is 111 cm³/mol. The van der Waals surface area contributed by atoms with Crippen molar-refractivity contribution in [3.05, 3.63) is 58.6 Å². The van der Waals surface area contributed by atoms with Crippen LogP contribution in [0.25, 0.3) is 0 Å². The molecule has 0 heterocycles. The van der Waals surface area contributed by atoms with Crippen LogP contribution in [0.1, 0.15) is 31.9 Å². The Labute approximate surface area is 173 Å². The third kappa shape index (κ3) is 6.51. The largest absolute Gasteiger partial charge is 0.491 e. The van der Waals surface area contributed by atoms with Gasteiger partial charge in [0.25, 0.3) is 0 Å². The minimum Gasteiger partial charge on any atom is -0.491 e. The van der Waals surface area contributed by atoms with Gasteiger partial charge in [-0.2, -0.15) is 0 Å². The second-order valence-corrected chi connectivity index (χ2v) is 7.94. The molecule has 1 amide bonds. The van der Waals surface area contributed by atoms with E-state index in [-0.39, 0.29) is 19.8 Å². The predicted octanol–water partition coefficient (Wildman–Crippen LogP) is 4.52. The first-order valence-corrected chi connectivity index (χ1v) is 9.82. The summed E-state index contributed by atoms with van der Waals surface area (Å²) in [5, 5.41) is 21.1. The van der Waals surface area contributed by atoms with E-state index < -0.39 is 17.6 Å². The number of anilines is 1. The average molecular weight is 452 g/mol. The monoisotopic (exact) mass is 451 g/mol. The molecule has 7 heteroatoms. The van der Waals surface area contributed by atoms with Crippen LogP contribution in [0.3, 0.4) is 0 Å². The van der Waals surface area contributed by atoms with Gasteiger partial charge in [0.2, 0.25) is 0 Å². The lowest BCUT2D eigenvalue weighted by Crippen LogP contribution is -2.29. The molecule has 3 N–H and O–H groups in total. The van der Waals surface area contributed by atoms with Gasteiger partial charge in [0.1, 0.15) is 18.5 Å². The molecular formula is C21H26BrNO5. The van der Waals surface area contributed by atoms with Crippen molar-refractivity contribution in [2.45, 2.75) is 26.4 Å². The van der Waals surface area contributed by atoms with Crippen LogP contribution < -0.4 is 10.1 Å². The summed E-state index contributed by atoms with van der Waals surface area (Å²) in [6.07, 6.45) is -0.738. The molecule has 0 fully saturated rings. The smallest absolute Gasteiger partial charge is 0.412 e. The van der Waals surface area contributed by atoms with Gasteiger partial charge in [-0.25, -0.2) is 4.79 Å². The standard InChI is InChI=1S/C21H26BrNO5/c1-21(2,10-11-24)19(15-4-3-5-18(14-15)27-13-12-25)28-20(26)23-17-8-6-16(22)7-9-17/h3-9,14,19,24-25H,10-13H2,1-2H3,(H,23,26)/t19-/m1/s1. The normalized spacial score (nSPS) is 12.3. The molecule has 0 saturated heterocycles. The second-order valence-electron chi connectivity index (χ2n) is 7.02. The van der Waals surface area contributed by atoms with E-state index in [1.807, 2.05) is 32.0 Å². The summed E-state index contributed by atoms with van der Waals surface area (Å²) in [5.74, 6) is 0.577. The highest BCUT2D eigenvalue weighted by atomic mass is 79.9. The molecule has 0 radical (unpaired) electrons. The van der Waals surface area contributed by atoms with Crippen molar-refractivity contribution in [2.75, 3.05) is 25.1 Å². The number of aliphatic hydroxyl groups excluding tert-OH is 2. The van der Waals surface area contributed by atoms with Crippen LogP contribution in [0.2, 0.25) is 0 Å². The van der Waals surface area contributed by atoms with Crippen molar-refractivity contribution in [3.63, 3.8) is 0 Å². The first kappa shape index (κ1) is 22.2. The zero-order valence-electron chi connectivity index (χ0n) is 16.0. The minimum absolute atomic E-state index is 0.0259. The molecule has 0 bridgehead atoms. The summed E-state index contributed by atoms with van der Waals surface area (Å²) in [6, 6.07) is 14.4. The van der Waals surface area contributed by atoms with Gasteiger partial charge in [-0.15, -0.1) is 0 Å². The number of carbonyl (C=O) groups excluding carboxylic acids is 1. The molecule has 0 aliphatic heterocycles. The van der Waals surface area contributed by atoms with E-state index >= 15 is 0 Å². The minimum atomic E-state index is -0.604. The summed E-state index contributed by atoms with van der Waals surface area (Å²) in [7, 11) is 0. The maximum atomic E-state index is 12.5. The number of hydrogen-bond donors (Lipinski definition) is 3. The third-order valence-electron chi connectivity index (χ3n) is 4.30. The van der Waals surface area contributed by atoms with Gasteiger partial charge in [0.05, 0.1) is 6.61 Å². The van der Waals surface area contributed by atoms with Crippen molar-refractivity contribution < 1.29 is 24.5 Å². The van der Waals surface area contributed by atoms with Gasteiger partial charge in [0, 0.05) is 22.2 Å². The Morgan fingerprint density at radius 3 is 2.50 bits per heavy atom. The second kappa shape index (κ2) is 10.5. The summed E-state index contributed by atoms with van der Waals surface area (Å²) >= 11 is 3.36. The molecule has 0 spiro atoms. The average Bonchev–Trinajstić information content (AvgIpc) is 2.66. The molecule has 0 saturated carbocycles. The Morgan fingerprint density at radius 2 is 1.86 bits per heavy atom. The van der Waals surface area contributed by atoms with Crippen molar-refractivity contribution >= 4 is 27.7 Å². The molecule has 2 rings (SSSR count). The first-order chi connectivity index (χ1) is 13.4. The van der Waals surface area contributed by atoms with Crippen LogP contribution in [0, 0.1) is 5.41 Å². The fraction of sp³-hybridized carbons (Fsp3) is 0.381. The molecule has 2 aromatic carbocycles.